The maximum atomic E-state index is 12.5. The van der Waals surface area contributed by atoms with Crippen LogP contribution in [0.15, 0.2) is 29.2 Å². The predicted molar refractivity (Wildman–Crippen MR) is 87.5 cm³/mol. The monoisotopic (exact) mass is 336 g/mol. The second-order valence-electron chi connectivity index (χ2n) is 5.60. The molecule has 1 saturated carbocycles. The van der Waals surface area contributed by atoms with Gasteiger partial charge in [0.05, 0.1) is 12.1 Å². The smallest absolute Gasteiger partial charge is 0.316 e. The predicted octanol–water partition coefficient (Wildman–Crippen LogP) is 1.60. The quantitative estimate of drug-likeness (QED) is 0.739. The van der Waals surface area contributed by atoms with Crippen LogP contribution in [-0.2, 0) is 9.59 Å². The number of hydrogen-bond donors (Lipinski definition) is 2. The van der Waals surface area contributed by atoms with E-state index >= 15 is 0 Å². The van der Waals surface area contributed by atoms with E-state index in [1.165, 1.54) is 4.90 Å². The van der Waals surface area contributed by atoms with Crippen LogP contribution in [0, 0.1) is 0 Å². The standard InChI is InChI=1S/C16H20N2O4S/c1-10(16(21)22)23-13-6-4-3-5-12(13)15(20)18(2)9-14(19)17-11-7-8-11/h3-6,10-11H,7-9H2,1-2H3,(H,17,19)(H,21,22). The van der Waals surface area contributed by atoms with Crippen LogP contribution in [0.3, 0.4) is 0 Å². The van der Waals surface area contributed by atoms with Crippen LogP contribution in [0.4, 0.5) is 0 Å². The summed E-state index contributed by atoms with van der Waals surface area (Å²) in [5, 5.41) is 11.2. The minimum Gasteiger partial charge on any atom is -0.480 e. The van der Waals surface area contributed by atoms with Gasteiger partial charge in [0.2, 0.25) is 5.91 Å². The molecule has 2 rings (SSSR count). The van der Waals surface area contributed by atoms with Gasteiger partial charge in [0.25, 0.3) is 5.91 Å². The number of likely N-dealkylation sites (N-methyl/N-ethyl adjacent to an activating group) is 1. The lowest BCUT2D eigenvalue weighted by Crippen LogP contribution is -2.39. The number of aliphatic carboxylic acids is 1. The van der Waals surface area contributed by atoms with E-state index in [4.69, 9.17) is 5.11 Å². The molecule has 23 heavy (non-hydrogen) atoms. The first kappa shape index (κ1) is 17.3. The third kappa shape index (κ3) is 4.99. The van der Waals surface area contributed by atoms with Crippen LogP contribution in [-0.4, -0.2) is 52.7 Å². The fraction of sp³-hybridized carbons (Fsp3) is 0.438. The first-order valence-electron chi connectivity index (χ1n) is 7.41. The average Bonchev–Trinajstić information content (AvgIpc) is 3.30. The molecule has 124 valence electrons. The Labute approximate surface area is 139 Å². The van der Waals surface area contributed by atoms with E-state index in [1.807, 2.05) is 0 Å². The lowest BCUT2D eigenvalue weighted by atomic mass is 10.2. The normalized spacial score (nSPS) is 14.9. The molecule has 2 amide bonds. The first-order chi connectivity index (χ1) is 10.9. The van der Waals surface area contributed by atoms with E-state index in [0.717, 1.165) is 24.6 Å². The van der Waals surface area contributed by atoms with E-state index in [9.17, 15) is 14.4 Å². The molecule has 1 atom stereocenters. The van der Waals surface area contributed by atoms with Gasteiger partial charge in [-0.3, -0.25) is 14.4 Å². The van der Waals surface area contributed by atoms with Crippen molar-refractivity contribution in [3.05, 3.63) is 29.8 Å². The van der Waals surface area contributed by atoms with Crippen molar-refractivity contribution in [1.82, 2.24) is 10.2 Å². The van der Waals surface area contributed by atoms with Gasteiger partial charge >= 0.3 is 5.97 Å². The Morgan fingerprint density at radius 2 is 2.00 bits per heavy atom. The Bertz CT molecular complexity index is 616. The molecule has 0 bridgehead atoms. The molecule has 2 N–H and O–H groups in total. The highest BCUT2D eigenvalue weighted by Crippen LogP contribution is 2.27. The first-order valence-corrected chi connectivity index (χ1v) is 8.29. The minimum absolute atomic E-state index is 0.0111. The number of rotatable bonds is 7. The highest BCUT2D eigenvalue weighted by atomic mass is 32.2. The molecular weight excluding hydrogens is 316 g/mol. The van der Waals surface area contributed by atoms with Crippen molar-refractivity contribution in [3.8, 4) is 0 Å². The second kappa shape index (κ2) is 7.50. The van der Waals surface area contributed by atoms with Crippen molar-refractivity contribution in [1.29, 1.82) is 0 Å². The van der Waals surface area contributed by atoms with Crippen molar-refractivity contribution in [2.45, 2.75) is 36.0 Å². The maximum absolute atomic E-state index is 12.5. The van der Waals surface area contributed by atoms with Crippen molar-refractivity contribution < 1.29 is 19.5 Å². The van der Waals surface area contributed by atoms with Gasteiger partial charge in [-0.05, 0) is 31.9 Å². The number of carboxylic acids is 1. The van der Waals surface area contributed by atoms with Crippen molar-refractivity contribution in [2.75, 3.05) is 13.6 Å². The summed E-state index contributed by atoms with van der Waals surface area (Å²) < 4.78 is 0. The van der Waals surface area contributed by atoms with Crippen LogP contribution >= 0.6 is 11.8 Å². The molecule has 1 aromatic rings. The highest BCUT2D eigenvalue weighted by molar-refractivity contribution is 8.00. The van der Waals surface area contributed by atoms with E-state index in [2.05, 4.69) is 5.32 Å². The summed E-state index contributed by atoms with van der Waals surface area (Å²) >= 11 is 1.12. The van der Waals surface area contributed by atoms with E-state index in [1.54, 1.807) is 38.2 Å². The second-order valence-corrected chi connectivity index (χ2v) is 6.98. The number of amides is 2. The van der Waals surface area contributed by atoms with E-state index in [-0.39, 0.29) is 24.4 Å². The SMILES string of the molecule is CC(Sc1ccccc1C(=O)N(C)CC(=O)NC1CC1)C(=O)O. The van der Waals surface area contributed by atoms with Crippen molar-refractivity contribution >= 4 is 29.5 Å². The summed E-state index contributed by atoms with van der Waals surface area (Å²) in [6, 6.07) is 7.10. The van der Waals surface area contributed by atoms with Gasteiger partial charge < -0.3 is 15.3 Å². The number of carboxylic acid groups (broad SMARTS) is 1. The molecule has 7 heteroatoms. The van der Waals surface area contributed by atoms with Gasteiger partial charge in [-0.1, -0.05) is 12.1 Å². The largest absolute Gasteiger partial charge is 0.480 e. The average molecular weight is 336 g/mol. The van der Waals surface area contributed by atoms with Crippen molar-refractivity contribution in [2.24, 2.45) is 0 Å². The van der Waals surface area contributed by atoms with Crippen LogP contribution in [0.2, 0.25) is 0 Å². The summed E-state index contributed by atoms with van der Waals surface area (Å²) in [7, 11) is 1.57. The Hall–Kier alpha value is -2.02. The number of thioether (sulfide) groups is 1. The zero-order chi connectivity index (χ0) is 17.0. The van der Waals surface area contributed by atoms with Gasteiger partial charge in [-0.2, -0.15) is 0 Å². The number of hydrogen-bond acceptors (Lipinski definition) is 4. The molecule has 0 aliphatic heterocycles. The Morgan fingerprint density at radius 3 is 2.61 bits per heavy atom. The van der Waals surface area contributed by atoms with E-state index in [0.29, 0.717) is 10.5 Å². The van der Waals surface area contributed by atoms with Crippen LogP contribution in [0.1, 0.15) is 30.1 Å². The molecule has 1 fully saturated rings. The zero-order valence-electron chi connectivity index (χ0n) is 13.1. The number of nitrogens with one attached hydrogen (secondary N) is 1. The Morgan fingerprint density at radius 1 is 1.35 bits per heavy atom. The summed E-state index contributed by atoms with van der Waals surface area (Å²) in [6.45, 7) is 1.56. The van der Waals surface area contributed by atoms with Crippen LogP contribution < -0.4 is 5.32 Å². The fourth-order valence-corrected chi connectivity index (χ4v) is 2.90. The number of benzene rings is 1. The molecule has 6 nitrogen and oxygen atoms in total. The third-order valence-corrected chi connectivity index (χ3v) is 4.60. The summed E-state index contributed by atoms with van der Waals surface area (Å²) in [5.41, 5.74) is 0.410. The third-order valence-electron chi connectivity index (χ3n) is 3.44. The molecule has 1 unspecified atom stereocenters. The Kier molecular flexibility index (Phi) is 5.65. The summed E-state index contributed by atoms with van der Waals surface area (Å²) in [6.07, 6.45) is 1.99. The van der Waals surface area contributed by atoms with Gasteiger partial charge in [-0.15, -0.1) is 11.8 Å². The topological polar surface area (TPSA) is 86.7 Å². The van der Waals surface area contributed by atoms with Gasteiger partial charge in [0.1, 0.15) is 5.25 Å². The van der Waals surface area contributed by atoms with Gasteiger partial charge in [0.15, 0.2) is 0 Å². The summed E-state index contributed by atoms with van der Waals surface area (Å²) in [5.74, 6) is -1.40. The lowest BCUT2D eigenvalue weighted by molar-refractivity contribution is -0.136. The zero-order valence-corrected chi connectivity index (χ0v) is 13.9. The summed E-state index contributed by atoms with van der Waals surface area (Å²) in [4.78, 5) is 37.3. The Balaban J connectivity index is 2.05. The molecule has 1 aromatic carbocycles. The molecule has 0 aromatic heterocycles. The highest BCUT2D eigenvalue weighted by Gasteiger charge is 2.25. The van der Waals surface area contributed by atoms with Gasteiger partial charge in [-0.25, -0.2) is 0 Å². The van der Waals surface area contributed by atoms with Crippen molar-refractivity contribution in [3.63, 3.8) is 0 Å². The number of carbonyl (C=O) groups is 3. The van der Waals surface area contributed by atoms with Gasteiger partial charge in [0, 0.05) is 18.0 Å². The molecule has 0 spiro atoms. The molecule has 1 aliphatic rings. The fourth-order valence-electron chi connectivity index (χ4n) is 1.98. The molecule has 1 aliphatic carbocycles. The number of carbonyl (C=O) groups excluding carboxylic acids is 2. The number of nitrogens with zero attached hydrogens (tertiary/aromatic N) is 1. The minimum atomic E-state index is -0.936. The van der Waals surface area contributed by atoms with Crippen LogP contribution in [0.5, 0.6) is 0 Å². The van der Waals surface area contributed by atoms with Crippen LogP contribution in [0.25, 0.3) is 0 Å². The van der Waals surface area contributed by atoms with E-state index < -0.39 is 11.2 Å². The molecule has 0 heterocycles. The molecule has 0 saturated heterocycles. The lowest BCUT2D eigenvalue weighted by Gasteiger charge is -2.19. The molecular formula is C16H20N2O4S. The maximum Gasteiger partial charge on any atom is 0.316 e. The molecule has 0 radical (unpaired) electrons.